The van der Waals surface area contributed by atoms with Crippen LogP contribution in [-0.2, 0) is 45.3 Å². The average molecular weight is 588 g/mol. The van der Waals surface area contributed by atoms with Crippen molar-refractivity contribution in [2.24, 2.45) is 5.92 Å². The van der Waals surface area contributed by atoms with Gasteiger partial charge in [-0.2, -0.15) is 0 Å². The third-order valence-corrected chi connectivity index (χ3v) is 8.90. The van der Waals surface area contributed by atoms with Crippen LogP contribution in [0.2, 0.25) is 0 Å². The van der Waals surface area contributed by atoms with Crippen LogP contribution >= 0.6 is 0 Å². The van der Waals surface area contributed by atoms with Crippen molar-refractivity contribution < 1.29 is 58.2 Å². The first-order valence-electron chi connectivity index (χ1n) is 13.9. The lowest BCUT2D eigenvalue weighted by atomic mass is 9.47. The van der Waals surface area contributed by atoms with Gasteiger partial charge in [0.25, 0.3) is 5.91 Å². The summed E-state index contributed by atoms with van der Waals surface area (Å²) in [5.41, 5.74) is 0.139. The van der Waals surface area contributed by atoms with Gasteiger partial charge in [-0.15, -0.1) is 0 Å². The molecule has 13 heteroatoms. The van der Waals surface area contributed by atoms with E-state index in [0.717, 1.165) is 30.4 Å². The number of aliphatic carboxylic acids is 2. The molecule has 42 heavy (non-hydrogen) atoms. The predicted octanol–water partition coefficient (Wildman–Crippen LogP) is 1.37. The minimum Gasteiger partial charge on any atom is -0.493 e. The van der Waals surface area contributed by atoms with Crippen molar-refractivity contribution in [3.63, 3.8) is 0 Å². The Morgan fingerprint density at radius 1 is 1.14 bits per heavy atom. The number of carboxylic acids is 2. The molecule has 0 unspecified atom stereocenters. The van der Waals surface area contributed by atoms with Gasteiger partial charge in [-0.05, 0) is 56.2 Å². The van der Waals surface area contributed by atoms with Gasteiger partial charge in [0, 0.05) is 5.56 Å². The van der Waals surface area contributed by atoms with Crippen molar-refractivity contribution in [1.82, 2.24) is 5.32 Å². The standard InChI is InChI=1S/C29H33NO12/c1-14(26(35)30-17(27(36)37)13-20(31)32)40-21(33)7-8-22(34)41-19-9-11-29(38)16-4-3-10-28(29)23-15(12-16)5-6-18(39-2)24(23)42-25(19)28/h5-6,9,14,16-17,25,38H,3-4,7-8,10-13H2,1-2H3,(H,30,35)(H,31,32)(H,36,37)/t14-,16+,17-,25-,28-,29+/m0/s1. The first-order chi connectivity index (χ1) is 19.9. The van der Waals surface area contributed by atoms with E-state index < -0.39 is 71.9 Å². The smallest absolute Gasteiger partial charge is 0.326 e. The fraction of sp³-hybridized carbons (Fsp3) is 0.552. The van der Waals surface area contributed by atoms with Gasteiger partial charge in [0.15, 0.2) is 23.7 Å². The summed E-state index contributed by atoms with van der Waals surface area (Å²) in [6.45, 7) is 1.19. The van der Waals surface area contributed by atoms with Crippen LogP contribution < -0.4 is 14.8 Å². The first-order valence-corrected chi connectivity index (χ1v) is 13.9. The Morgan fingerprint density at radius 3 is 2.57 bits per heavy atom. The molecule has 2 bridgehead atoms. The highest BCUT2D eigenvalue weighted by atomic mass is 16.6. The molecule has 0 saturated heterocycles. The van der Waals surface area contributed by atoms with Gasteiger partial charge < -0.3 is 39.6 Å². The van der Waals surface area contributed by atoms with Crippen LogP contribution in [0.1, 0.15) is 63.0 Å². The number of methoxy groups -OCH3 is 1. The second-order valence-corrected chi connectivity index (χ2v) is 11.2. The highest BCUT2D eigenvalue weighted by Crippen LogP contribution is 2.67. The topological polar surface area (TPSA) is 195 Å². The zero-order valence-electron chi connectivity index (χ0n) is 23.2. The van der Waals surface area contributed by atoms with Gasteiger partial charge in [0.1, 0.15) is 11.8 Å². The number of carboxylic acid groups (broad SMARTS) is 2. The van der Waals surface area contributed by atoms with Gasteiger partial charge in [0.05, 0.1) is 37.4 Å². The molecule has 13 nitrogen and oxygen atoms in total. The van der Waals surface area contributed by atoms with Gasteiger partial charge in [-0.3, -0.25) is 19.2 Å². The summed E-state index contributed by atoms with van der Waals surface area (Å²) in [7, 11) is 1.54. The zero-order valence-corrected chi connectivity index (χ0v) is 23.2. The van der Waals surface area contributed by atoms with Crippen molar-refractivity contribution in [2.45, 2.75) is 87.6 Å². The van der Waals surface area contributed by atoms with Gasteiger partial charge in [-0.25, -0.2) is 4.79 Å². The third-order valence-electron chi connectivity index (χ3n) is 8.90. The number of rotatable bonds is 11. The van der Waals surface area contributed by atoms with Crippen LogP contribution in [0.15, 0.2) is 24.0 Å². The van der Waals surface area contributed by atoms with E-state index in [1.54, 1.807) is 13.2 Å². The van der Waals surface area contributed by atoms with Gasteiger partial charge in [-0.1, -0.05) is 12.5 Å². The Morgan fingerprint density at radius 2 is 1.88 bits per heavy atom. The Hall–Kier alpha value is -4.13. The van der Waals surface area contributed by atoms with Crippen molar-refractivity contribution >= 4 is 29.8 Å². The fourth-order valence-corrected chi connectivity index (χ4v) is 7.04. The zero-order chi connectivity index (χ0) is 30.4. The van der Waals surface area contributed by atoms with E-state index >= 15 is 0 Å². The maximum atomic E-state index is 12.8. The average Bonchev–Trinajstić information content (AvgIpc) is 3.27. The lowest BCUT2D eigenvalue weighted by molar-refractivity contribution is -0.162. The monoisotopic (exact) mass is 587 g/mol. The molecule has 1 spiro atoms. The molecule has 6 atom stereocenters. The molecule has 1 heterocycles. The molecule has 4 N–H and O–H groups in total. The number of carbonyl (C=O) groups is 5. The maximum absolute atomic E-state index is 12.8. The molecule has 0 aromatic heterocycles. The third kappa shape index (κ3) is 4.75. The molecule has 3 aliphatic carbocycles. The molecule has 1 aromatic rings. The Balaban J connectivity index is 1.23. The van der Waals surface area contributed by atoms with Crippen LogP contribution in [-0.4, -0.2) is 76.1 Å². The van der Waals surface area contributed by atoms with E-state index in [2.05, 4.69) is 0 Å². The minimum atomic E-state index is -1.70. The summed E-state index contributed by atoms with van der Waals surface area (Å²) < 4.78 is 22.7. The lowest BCUT2D eigenvalue weighted by Gasteiger charge is -2.59. The summed E-state index contributed by atoms with van der Waals surface area (Å²) in [6.07, 6.45) is 1.25. The van der Waals surface area contributed by atoms with E-state index in [4.69, 9.17) is 29.2 Å². The van der Waals surface area contributed by atoms with Gasteiger partial charge >= 0.3 is 23.9 Å². The highest BCUT2D eigenvalue weighted by Gasteiger charge is 2.70. The fourth-order valence-electron chi connectivity index (χ4n) is 7.04. The van der Waals surface area contributed by atoms with Gasteiger partial charge in [0.2, 0.25) is 0 Å². The normalized spacial score (nSPS) is 27.7. The van der Waals surface area contributed by atoms with Crippen molar-refractivity contribution in [3.05, 3.63) is 35.1 Å². The number of amides is 1. The summed E-state index contributed by atoms with van der Waals surface area (Å²) >= 11 is 0. The molecule has 226 valence electrons. The summed E-state index contributed by atoms with van der Waals surface area (Å²) in [4.78, 5) is 59.3. The largest absolute Gasteiger partial charge is 0.493 e. The molecule has 5 rings (SSSR count). The molecule has 1 amide bonds. The van der Waals surface area contributed by atoms with E-state index in [1.807, 2.05) is 17.4 Å². The van der Waals surface area contributed by atoms with Crippen LogP contribution in [0.5, 0.6) is 11.5 Å². The molecule has 1 aromatic carbocycles. The number of nitrogens with one attached hydrogen (secondary N) is 1. The molecular formula is C29H33NO12. The molecule has 1 saturated carbocycles. The summed E-state index contributed by atoms with van der Waals surface area (Å²) in [5.74, 6) is -4.25. The predicted molar refractivity (Wildman–Crippen MR) is 140 cm³/mol. The molecule has 1 aliphatic heterocycles. The summed E-state index contributed by atoms with van der Waals surface area (Å²) in [6, 6.07) is 2.16. The van der Waals surface area contributed by atoms with E-state index in [-0.39, 0.29) is 24.5 Å². The van der Waals surface area contributed by atoms with Crippen molar-refractivity contribution in [1.29, 1.82) is 0 Å². The molecule has 4 aliphatic rings. The van der Waals surface area contributed by atoms with Crippen LogP contribution in [0, 0.1) is 5.92 Å². The number of hydrogen-bond acceptors (Lipinski definition) is 10. The maximum Gasteiger partial charge on any atom is 0.326 e. The number of esters is 2. The number of carbonyl (C=O) groups excluding carboxylic acids is 3. The number of benzene rings is 1. The molecular weight excluding hydrogens is 554 g/mol. The van der Waals surface area contributed by atoms with Crippen LogP contribution in [0.25, 0.3) is 0 Å². The van der Waals surface area contributed by atoms with Crippen LogP contribution in [0.4, 0.5) is 0 Å². The quantitative estimate of drug-likeness (QED) is 0.272. The number of hydrogen-bond donors (Lipinski definition) is 4. The minimum absolute atomic E-state index is 0.0292. The molecule has 1 fully saturated rings. The Labute approximate surface area is 240 Å². The second kappa shape index (κ2) is 10.9. The SMILES string of the molecule is COc1ccc2c3c1O[C@H]1C(OC(=O)CCC(=O)O[C@@H](C)C(=O)N[C@@H](CC(=O)O)C(=O)O)=CC[C@@]4(O)[C@H](CCC[C@]314)C2. The van der Waals surface area contributed by atoms with Crippen molar-refractivity contribution in [2.75, 3.05) is 7.11 Å². The lowest BCUT2D eigenvalue weighted by Crippen LogP contribution is -2.67. The number of ether oxygens (including phenoxy) is 4. The van der Waals surface area contributed by atoms with E-state index in [1.165, 1.54) is 6.92 Å². The Kier molecular flexibility index (Phi) is 7.64. The summed E-state index contributed by atoms with van der Waals surface area (Å²) in [5, 5.41) is 32.0. The van der Waals surface area contributed by atoms with Crippen molar-refractivity contribution in [3.8, 4) is 11.5 Å². The molecule has 0 radical (unpaired) electrons. The van der Waals surface area contributed by atoms with E-state index in [9.17, 15) is 29.1 Å². The second-order valence-electron chi connectivity index (χ2n) is 11.2. The number of aliphatic hydroxyl groups is 1. The van der Waals surface area contributed by atoms with E-state index in [0.29, 0.717) is 17.9 Å². The Bertz CT molecular complexity index is 1370. The first kappa shape index (κ1) is 29.4. The highest BCUT2D eigenvalue weighted by molar-refractivity contribution is 5.90. The van der Waals surface area contributed by atoms with Crippen LogP contribution in [0.3, 0.4) is 0 Å².